The highest BCUT2D eigenvalue weighted by molar-refractivity contribution is 4.61. The van der Waals surface area contributed by atoms with Crippen molar-refractivity contribution in [3.63, 3.8) is 0 Å². The Morgan fingerprint density at radius 3 is 1.79 bits per heavy atom. The highest BCUT2D eigenvalue weighted by atomic mass is 16.3. The van der Waals surface area contributed by atoms with Crippen LogP contribution in [0.25, 0.3) is 0 Å². The Hall–Kier alpha value is -0.0800. The van der Waals surface area contributed by atoms with E-state index in [1.807, 2.05) is 0 Å². The minimum Gasteiger partial charge on any atom is -0.378 e. The van der Waals surface area contributed by atoms with Gasteiger partial charge >= 0.3 is 0 Å². The predicted molar refractivity (Wildman–Crippen MR) is 62.3 cm³/mol. The first-order chi connectivity index (χ1) is 6.76. The smallest absolute Gasteiger partial charge is 0.107 e. The molecule has 0 rings (SSSR count). The second kappa shape index (κ2) is 9.47. The molecule has 0 aromatic heterocycles. The molecule has 0 aliphatic rings. The zero-order chi connectivity index (χ0) is 10.8. The molecule has 0 heterocycles. The van der Waals surface area contributed by atoms with Crippen molar-refractivity contribution < 1.29 is 5.11 Å². The molecule has 0 aromatic carbocycles. The molecule has 0 bridgehead atoms. The van der Waals surface area contributed by atoms with Gasteiger partial charge in [-0.1, -0.05) is 40.0 Å². The van der Waals surface area contributed by atoms with Crippen LogP contribution >= 0.6 is 0 Å². The summed E-state index contributed by atoms with van der Waals surface area (Å²) in [6, 6.07) is 0. The van der Waals surface area contributed by atoms with Crippen molar-refractivity contribution in [3.8, 4) is 0 Å². The van der Waals surface area contributed by atoms with Crippen LogP contribution in [0.2, 0.25) is 0 Å². The van der Waals surface area contributed by atoms with E-state index in [0.717, 1.165) is 25.9 Å². The van der Waals surface area contributed by atoms with E-state index < -0.39 is 0 Å². The number of aliphatic hydroxyl groups excluding tert-OH is 1. The molecule has 2 nitrogen and oxygen atoms in total. The van der Waals surface area contributed by atoms with Gasteiger partial charge in [0.2, 0.25) is 0 Å². The van der Waals surface area contributed by atoms with Crippen molar-refractivity contribution >= 4 is 0 Å². The Bertz CT molecular complexity index is 109. The number of unbranched alkanes of at least 4 members (excludes halogenated alkanes) is 2. The third kappa shape index (κ3) is 6.39. The van der Waals surface area contributed by atoms with Crippen LogP contribution in [0.1, 0.15) is 59.3 Å². The first-order valence-corrected chi connectivity index (χ1v) is 6.18. The van der Waals surface area contributed by atoms with Crippen LogP contribution in [0.5, 0.6) is 0 Å². The first-order valence-electron chi connectivity index (χ1n) is 6.18. The summed E-state index contributed by atoms with van der Waals surface area (Å²) in [5, 5.41) is 9.89. The van der Waals surface area contributed by atoms with E-state index in [-0.39, 0.29) is 6.23 Å². The van der Waals surface area contributed by atoms with Gasteiger partial charge in [0.25, 0.3) is 0 Å². The van der Waals surface area contributed by atoms with Gasteiger partial charge in [0.05, 0.1) is 0 Å². The van der Waals surface area contributed by atoms with Gasteiger partial charge in [0.15, 0.2) is 0 Å². The van der Waals surface area contributed by atoms with Gasteiger partial charge in [-0.3, -0.25) is 4.90 Å². The number of hydrogen-bond acceptors (Lipinski definition) is 2. The molecule has 1 unspecified atom stereocenters. The SMILES string of the molecule is CCCCN(CCCC)C(O)CCC. The highest BCUT2D eigenvalue weighted by Crippen LogP contribution is 2.07. The van der Waals surface area contributed by atoms with Gasteiger partial charge in [-0.15, -0.1) is 0 Å². The Balaban J connectivity index is 3.81. The highest BCUT2D eigenvalue weighted by Gasteiger charge is 2.12. The molecule has 0 saturated carbocycles. The molecule has 0 fully saturated rings. The van der Waals surface area contributed by atoms with Gasteiger partial charge < -0.3 is 5.11 Å². The van der Waals surface area contributed by atoms with Crippen LogP contribution in [-0.2, 0) is 0 Å². The fraction of sp³-hybridized carbons (Fsp3) is 1.00. The molecule has 14 heavy (non-hydrogen) atoms. The van der Waals surface area contributed by atoms with Gasteiger partial charge in [0, 0.05) is 13.1 Å². The van der Waals surface area contributed by atoms with Crippen LogP contribution in [0.3, 0.4) is 0 Å². The molecule has 0 saturated heterocycles. The van der Waals surface area contributed by atoms with Gasteiger partial charge in [-0.25, -0.2) is 0 Å². The molecule has 1 N–H and O–H groups in total. The molecule has 2 heteroatoms. The van der Waals surface area contributed by atoms with E-state index in [0.29, 0.717) is 0 Å². The summed E-state index contributed by atoms with van der Waals surface area (Å²) < 4.78 is 0. The maximum atomic E-state index is 9.89. The summed E-state index contributed by atoms with van der Waals surface area (Å²) in [5.41, 5.74) is 0. The third-order valence-electron chi connectivity index (χ3n) is 2.57. The fourth-order valence-electron chi connectivity index (χ4n) is 1.57. The van der Waals surface area contributed by atoms with E-state index >= 15 is 0 Å². The van der Waals surface area contributed by atoms with E-state index in [1.165, 1.54) is 25.7 Å². The monoisotopic (exact) mass is 201 g/mol. The van der Waals surface area contributed by atoms with Crippen LogP contribution in [-0.4, -0.2) is 29.3 Å². The van der Waals surface area contributed by atoms with Crippen molar-refractivity contribution in [1.29, 1.82) is 0 Å². The Labute approximate surface area is 89.3 Å². The van der Waals surface area contributed by atoms with E-state index in [1.54, 1.807) is 0 Å². The third-order valence-corrected chi connectivity index (χ3v) is 2.57. The summed E-state index contributed by atoms with van der Waals surface area (Å²) in [4.78, 5) is 2.23. The molecule has 0 radical (unpaired) electrons. The summed E-state index contributed by atoms with van der Waals surface area (Å²) in [6.45, 7) is 8.63. The molecular weight excluding hydrogens is 174 g/mol. The maximum Gasteiger partial charge on any atom is 0.107 e. The minimum absolute atomic E-state index is 0.210. The number of aliphatic hydroxyl groups is 1. The lowest BCUT2D eigenvalue weighted by molar-refractivity contribution is -0.00442. The average Bonchev–Trinajstić information content (AvgIpc) is 2.18. The number of nitrogens with zero attached hydrogens (tertiary/aromatic N) is 1. The van der Waals surface area contributed by atoms with E-state index in [4.69, 9.17) is 0 Å². The topological polar surface area (TPSA) is 23.5 Å². The second-order valence-electron chi connectivity index (χ2n) is 4.01. The molecule has 0 aromatic rings. The van der Waals surface area contributed by atoms with Gasteiger partial charge in [-0.2, -0.15) is 0 Å². The van der Waals surface area contributed by atoms with Crippen molar-refractivity contribution in [2.75, 3.05) is 13.1 Å². The lowest BCUT2D eigenvalue weighted by Gasteiger charge is -2.27. The lowest BCUT2D eigenvalue weighted by atomic mass is 10.2. The number of hydrogen-bond donors (Lipinski definition) is 1. The largest absolute Gasteiger partial charge is 0.378 e. The van der Waals surface area contributed by atoms with Gasteiger partial charge in [0.1, 0.15) is 6.23 Å². The molecule has 0 aliphatic heterocycles. The molecule has 0 aliphatic carbocycles. The predicted octanol–water partition coefficient (Wildman–Crippen LogP) is 3.01. The number of rotatable bonds is 9. The Kier molecular flexibility index (Phi) is 9.42. The zero-order valence-electron chi connectivity index (χ0n) is 10.1. The quantitative estimate of drug-likeness (QED) is 0.580. The first kappa shape index (κ1) is 13.9. The van der Waals surface area contributed by atoms with Crippen molar-refractivity contribution in [2.24, 2.45) is 0 Å². The summed E-state index contributed by atoms with van der Waals surface area (Å²) in [5.74, 6) is 0. The summed E-state index contributed by atoms with van der Waals surface area (Å²) >= 11 is 0. The summed E-state index contributed by atoms with van der Waals surface area (Å²) in [6.07, 6.45) is 6.58. The zero-order valence-corrected chi connectivity index (χ0v) is 10.1. The average molecular weight is 201 g/mol. The van der Waals surface area contributed by atoms with Crippen molar-refractivity contribution in [3.05, 3.63) is 0 Å². The molecule has 0 amide bonds. The molecule has 0 spiro atoms. The van der Waals surface area contributed by atoms with Crippen LogP contribution < -0.4 is 0 Å². The lowest BCUT2D eigenvalue weighted by Crippen LogP contribution is -2.36. The van der Waals surface area contributed by atoms with E-state index in [9.17, 15) is 5.11 Å². The minimum atomic E-state index is -0.210. The van der Waals surface area contributed by atoms with Crippen LogP contribution in [0, 0.1) is 0 Å². The Morgan fingerprint density at radius 1 is 0.929 bits per heavy atom. The molecule has 1 atom stereocenters. The van der Waals surface area contributed by atoms with Crippen molar-refractivity contribution in [1.82, 2.24) is 4.90 Å². The van der Waals surface area contributed by atoms with Gasteiger partial charge in [-0.05, 0) is 19.3 Å². The Morgan fingerprint density at radius 2 is 1.43 bits per heavy atom. The van der Waals surface area contributed by atoms with Crippen LogP contribution in [0.15, 0.2) is 0 Å². The fourth-order valence-corrected chi connectivity index (χ4v) is 1.57. The normalized spacial score (nSPS) is 13.5. The molecule has 86 valence electrons. The molecular formula is C12H27NO. The van der Waals surface area contributed by atoms with Crippen molar-refractivity contribution in [2.45, 2.75) is 65.5 Å². The summed E-state index contributed by atoms with van der Waals surface area (Å²) in [7, 11) is 0. The standard InChI is InChI=1S/C12H27NO/c1-4-7-10-13(11-8-5-2)12(14)9-6-3/h12,14H,4-11H2,1-3H3. The maximum absolute atomic E-state index is 9.89. The second-order valence-corrected chi connectivity index (χ2v) is 4.01. The van der Waals surface area contributed by atoms with Crippen LogP contribution in [0.4, 0.5) is 0 Å². The van der Waals surface area contributed by atoms with E-state index in [2.05, 4.69) is 25.7 Å².